The van der Waals surface area contributed by atoms with Crippen LogP contribution in [0.25, 0.3) is 38.2 Å². The van der Waals surface area contributed by atoms with Gasteiger partial charge in [-0.05, 0) is 159 Å². The number of nitrogens with one attached hydrogen (secondary N) is 2. The van der Waals surface area contributed by atoms with Gasteiger partial charge in [0.25, 0.3) is 11.5 Å². The maximum atomic E-state index is 14.8. The molecule has 3 aromatic heterocycles. The van der Waals surface area contributed by atoms with E-state index in [-0.39, 0.29) is 49.0 Å². The van der Waals surface area contributed by atoms with E-state index in [0.29, 0.717) is 23.8 Å². The van der Waals surface area contributed by atoms with E-state index in [1.54, 1.807) is 11.3 Å². The smallest absolute Gasteiger partial charge is 0.283 e. The van der Waals surface area contributed by atoms with Gasteiger partial charge in [-0.3, -0.25) is 23.6 Å². The molecule has 1 aliphatic heterocycles. The summed E-state index contributed by atoms with van der Waals surface area (Å²) in [7, 11) is 0. The second-order valence-corrected chi connectivity index (χ2v) is 23.1. The lowest BCUT2D eigenvalue weighted by atomic mass is 9.77. The van der Waals surface area contributed by atoms with Gasteiger partial charge in [0.2, 0.25) is 11.7 Å². The van der Waals surface area contributed by atoms with E-state index in [1.165, 1.54) is 18.4 Å². The minimum Gasteiger partial charge on any atom is -0.393 e. The van der Waals surface area contributed by atoms with E-state index >= 15 is 0 Å². The van der Waals surface area contributed by atoms with Crippen LogP contribution in [0.2, 0.25) is 0 Å². The van der Waals surface area contributed by atoms with Gasteiger partial charge < -0.3 is 25.2 Å². The topological polar surface area (TPSA) is 151 Å². The molecular formula is C54H63BrFN7O5S. The van der Waals surface area contributed by atoms with Crippen molar-refractivity contribution >= 4 is 72.6 Å². The standard InChI is InChI=1S/C54H63BrFN7O5S/c1-31-47(69-30-57-31)34-16-14-33(15-17-34)41(58-49(66)39-29-37(64)28-38(39)46(65)48(53(2,3)4)59-51(68)54(56)22-23-54)12-8-24-61-25-20-32(21-26-61)35-18-19-42-44(27-35)62(36-9-5-6-10-36)52-60-50(67)45-40(55)11-7-13-43(45)63(42)52/h7,11,13-19,27,30,32,36-39,41,48,64H,5-6,8-10,12,20-26,28-29H2,1-4H3,(H,58,66)(H,59,68)/t37-,38?,39+,41-,48+/m0/s1. The quantitative estimate of drug-likeness (QED) is 0.0976. The SMILES string of the molecule is Cc1ncsc1-c1ccc([C@H](CCCN2CCC(c3ccc4c(c3)n(C3CCCC3)c3nc(=O)c5c(Br)cccc5n43)CC2)NC(=O)[C@@H]2C[C@@H](O)CC2C(=O)[C@@H](NC(=O)C2(F)CC2)C(C)(C)C)cc1. The van der Waals surface area contributed by atoms with Crippen LogP contribution in [-0.2, 0) is 14.4 Å². The number of piperidine rings is 1. The number of likely N-dealkylation sites (tertiary alicyclic amines) is 1. The van der Waals surface area contributed by atoms with Gasteiger partial charge in [-0.15, -0.1) is 11.3 Å². The van der Waals surface area contributed by atoms with Crippen LogP contribution in [-0.4, -0.2) is 84.0 Å². The monoisotopic (exact) mass is 1020 g/mol. The average Bonchev–Trinajstić information content (AvgIpc) is 3.78. The van der Waals surface area contributed by atoms with Crippen molar-refractivity contribution in [1.29, 1.82) is 0 Å². The van der Waals surface area contributed by atoms with E-state index in [0.717, 1.165) is 100 Å². The fourth-order valence-electron chi connectivity index (χ4n) is 11.6. The highest BCUT2D eigenvalue weighted by molar-refractivity contribution is 9.10. The molecule has 4 fully saturated rings. The molecule has 0 spiro atoms. The summed E-state index contributed by atoms with van der Waals surface area (Å²) >= 11 is 5.20. The second kappa shape index (κ2) is 19.1. The van der Waals surface area contributed by atoms with Crippen LogP contribution in [0.5, 0.6) is 0 Å². The maximum absolute atomic E-state index is 14.8. The summed E-state index contributed by atoms with van der Waals surface area (Å²) in [4.78, 5) is 67.9. The predicted molar refractivity (Wildman–Crippen MR) is 272 cm³/mol. The van der Waals surface area contributed by atoms with Gasteiger partial charge in [0, 0.05) is 16.4 Å². The first-order valence-electron chi connectivity index (χ1n) is 25.0. The Morgan fingerprint density at radius 2 is 1.67 bits per heavy atom. The van der Waals surface area contributed by atoms with Crippen molar-refractivity contribution in [3.05, 3.63) is 97.8 Å². The van der Waals surface area contributed by atoms with Crippen LogP contribution in [0, 0.1) is 24.2 Å². The van der Waals surface area contributed by atoms with Crippen molar-refractivity contribution in [3.8, 4) is 10.4 Å². The lowest BCUT2D eigenvalue weighted by Gasteiger charge is -2.34. The van der Waals surface area contributed by atoms with Gasteiger partial charge in [0.05, 0.1) is 62.1 Å². The van der Waals surface area contributed by atoms with E-state index in [2.05, 4.69) is 87.9 Å². The highest BCUT2D eigenvalue weighted by Gasteiger charge is 2.54. The first-order valence-corrected chi connectivity index (χ1v) is 26.6. The number of hydrogen-bond donors (Lipinski definition) is 3. The number of ketones is 1. The molecule has 0 bridgehead atoms. The molecule has 15 heteroatoms. The van der Waals surface area contributed by atoms with Gasteiger partial charge in [0.15, 0.2) is 11.5 Å². The van der Waals surface area contributed by atoms with Crippen molar-refractivity contribution in [2.75, 3.05) is 19.6 Å². The van der Waals surface area contributed by atoms with Gasteiger partial charge >= 0.3 is 0 Å². The summed E-state index contributed by atoms with van der Waals surface area (Å²) in [6.45, 7) is 10.2. The Balaban J connectivity index is 0.839. The van der Waals surface area contributed by atoms with Crippen molar-refractivity contribution in [2.45, 2.75) is 141 Å². The molecule has 12 nitrogen and oxygen atoms in total. The Morgan fingerprint density at radius 1 is 0.942 bits per heavy atom. The predicted octanol–water partition coefficient (Wildman–Crippen LogP) is 9.92. The number of alkyl halides is 1. The molecule has 3 saturated carbocycles. The van der Waals surface area contributed by atoms with Crippen molar-refractivity contribution in [3.63, 3.8) is 0 Å². The van der Waals surface area contributed by atoms with Crippen molar-refractivity contribution in [1.82, 2.24) is 34.5 Å². The van der Waals surface area contributed by atoms with Crippen LogP contribution in [0.15, 0.2) is 75.4 Å². The first-order chi connectivity index (χ1) is 33.1. The summed E-state index contributed by atoms with van der Waals surface area (Å²) in [5, 5.41) is 17.5. The zero-order valence-corrected chi connectivity index (χ0v) is 42.4. The highest BCUT2D eigenvalue weighted by atomic mass is 79.9. The van der Waals surface area contributed by atoms with E-state index in [1.807, 2.05) is 51.4 Å². The van der Waals surface area contributed by atoms with Crippen LogP contribution in [0.3, 0.4) is 0 Å². The molecule has 0 radical (unpaired) electrons. The summed E-state index contributed by atoms with van der Waals surface area (Å²) in [6, 6.07) is 20.0. The third kappa shape index (κ3) is 9.45. The number of halogens is 2. The number of aliphatic hydroxyl groups excluding tert-OH is 1. The summed E-state index contributed by atoms with van der Waals surface area (Å²) in [5.41, 5.74) is 6.30. The molecule has 10 rings (SSSR count). The number of amides is 2. The Bertz CT molecular complexity index is 2980. The number of nitrogens with zero attached hydrogens (tertiary/aromatic N) is 5. The van der Waals surface area contributed by atoms with Gasteiger partial charge in [-0.2, -0.15) is 4.98 Å². The lowest BCUT2D eigenvalue weighted by Crippen LogP contribution is -2.54. The fourth-order valence-corrected chi connectivity index (χ4v) is 13.0. The minimum atomic E-state index is -1.95. The van der Waals surface area contributed by atoms with Crippen molar-refractivity contribution < 1.29 is 23.9 Å². The van der Waals surface area contributed by atoms with Gasteiger partial charge in [-0.25, -0.2) is 9.37 Å². The summed E-state index contributed by atoms with van der Waals surface area (Å²) < 4.78 is 20.1. The number of rotatable bonds is 14. The number of hydrogen-bond acceptors (Lipinski definition) is 9. The number of Topliss-reactive ketones (excluding diaryl/α,β-unsaturated/α-hetero) is 1. The van der Waals surface area contributed by atoms with Gasteiger partial charge in [0.1, 0.15) is 0 Å². The van der Waals surface area contributed by atoms with Crippen LogP contribution in [0.1, 0.15) is 133 Å². The molecule has 6 aromatic rings. The number of benzene rings is 3. The highest BCUT2D eigenvalue weighted by Crippen LogP contribution is 2.43. The largest absolute Gasteiger partial charge is 0.393 e. The molecule has 3 aliphatic carbocycles. The molecule has 3 aromatic carbocycles. The number of thiazole rings is 1. The van der Waals surface area contributed by atoms with E-state index < -0.39 is 41.0 Å². The number of aliphatic hydroxyl groups is 1. The molecule has 3 N–H and O–H groups in total. The number of carbonyl (C=O) groups is 3. The molecular weight excluding hydrogens is 958 g/mol. The maximum Gasteiger partial charge on any atom is 0.283 e. The number of carbonyl (C=O) groups excluding carboxylic acids is 3. The Hall–Kier alpha value is -4.83. The first kappa shape index (κ1) is 47.8. The van der Waals surface area contributed by atoms with Crippen LogP contribution in [0.4, 0.5) is 4.39 Å². The molecule has 1 saturated heterocycles. The molecule has 364 valence electrons. The van der Waals surface area contributed by atoms with Crippen LogP contribution < -0.4 is 16.2 Å². The average molecular weight is 1020 g/mol. The lowest BCUT2D eigenvalue weighted by molar-refractivity contribution is -0.138. The zero-order valence-electron chi connectivity index (χ0n) is 40.0. The molecule has 4 aliphatic rings. The summed E-state index contributed by atoms with van der Waals surface area (Å²) in [6.07, 6.45) is 7.66. The van der Waals surface area contributed by atoms with E-state index in [4.69, 9.17) is 4.98 Å². The molecule has 5 atom stereocenters. The molecule has 69 heavy (non-hydrogen) atoms. The Labute approximate surface area is 414 Å². The molecule has 1 unspecified atom stereocenters. The van der Waals surface area contributed by atoms with Gasteiger partial charge in [-0.1, -0.05) is 70.0 Å². The number of fused-ring (bicyclic) bond motifs is 5. The van der Waals surface area contributed by atoms with Crippen molar-refractivity contribution in [2.24, 2.45) is 17.3 Å². The Kier molecular flexibility index (Phi) is 13.2. The number of aryl methyl sites for hydroxylation is 1. The summed E-state index contributed by atoms with van der Waals surface area (Å²) in [5.74, 6) is -1.93. The van der Waals surface area contributed by atoms with Crippen LogP contribution >= 0.6 is 27.3 Å². The van der Waals surface area contributed by atoms with E-state index in [9.17, 15) is 28.7 Å². The third-order valence-corrected chi connectivity index (χ3v) is 17.3. The third-order valence-electron chi connectivity index (χ3n) is 15.7. The fraction of sp³-hybridized carbons (Fsp3) is 0.519. The second-order valence-electron chi connectivity index (χ2n) is 21.4. The molecule has 2 amide bonds. The molecule has 4 heterocycles. The number of aromatic nitrogens is 4. The minimum absolute atomic E-state index is 0.106. The zero-order chi connectivity index (χ0) is 48.4. The Morgan fingerprint density at radius 3 is 2.35 bits per heavy atom. The number of imidazole rings is 1. The normalized spacial score (nSPS) is 22.1.